The third kappa shape index (κ3) is 2.92. The summed E-state index contributed by atoms with van der Waals surface area (Å²) in [5.41, 5.74) is 0. The molecule has 0 radical (unpaired) electrons. The molecule has 1 saturated heterocycles. The lowest BCUT2D eigenvalue weighted by Crippen LogP contribution is -2.42. The molecular weight excluding hydrogens is 268 g/mol. The van der Waals surface area contributed by atoms with Crippen LogP contribution < -0.4 is 5.32 Å². The second kappa shape index (κ2) is 5.59. The van der Waals surface area contributed by atoms with Gasteiger partial charge in [-0.1, -0.05) is 6.92 Å². The number of nitrogens with one attached hydrogen (secondary N) is 1. The minimum Gasteiger partial charge on any atom is -0.365 e. The molecular formula is C11H17BrN4. The molecule has 0 bridgehead atoms. The van der Waals surface area contributed by atoms with Crippen LogP contribution in [-0.2, 0) is 0 Å². The highest BCUT2D eigenvalue weighted by atomic mass is 79.9. The van der Waals surface area contributed by atoms with Crippen LogP contribution >= 0.6 is 15.9 Å². The van der Waals surface area contributed by atoms with E-state index in [9.17, 15) is 0 Å². The lowest BCUT2D eigenvalue weighted by atomic mass is 10.1. The lowest BCUT2D eigenvalue weighted by Gasteiger charge is -2.32. The molecule has 2 rings (SSSR count). The van der Waals surface area contributed by atoms with Gasteiger partial charge >= 0.3 is 0 Å². The number of anilines is 1. The number of piperidine rings is 1. The standard InChI is InChI=1S/C11H17BrN4/c1-2-16-5-3-4-9(7-16)15-11-10(12)6-13-8-14-11/h6,8-9H,2-5,7H2,1H3,(H,13,14,15). The Labute approximate surface area is 105 Å². The number of likely N-dealkylation sites (N-methyl/N-ethyl adjacent to an activating group) is 1. The van der Waals surface area contributed by atoms with Crippen molar-refractivity contribution >= 4 is 21.7 Å². The summed E-state index contributed by atoms with van der Waals surface area (Å²) in [6.45, 7) is 5.67. The summed E-state index contributed by atoms with van der Waals surface area (Å²) in [5, 5.41) is 3.47. The molecule has 88 valence electrons. The van der Waals surface area contributed by atoms with Crippen molar-refractivity contribution in [3.8, 4) is 0 Å². The van der Waals surface area contributed by atoms with E-state index < -0.39 is 0 Å². The summed E-state index contributed by atoms with van der Waals surface area (Å²) in [6.07, 6.45) is 5.82. The molecule has 4 nitrogen and oxygen atoms in total. The minimum absolute atomic E-state index is 0.500. The fourth-order valence-electron chi connectivity index (χ4n) is 2.07. The van der Waals surface area contributed by atoms with Gasteiger partial charge in [-0.15, -0.1) is 0 Å². The topological polar surface area (TPSA) is 41.0 Å². The van der Waals surface area contributed by atoms with Crippen molar-refractivity contribution in [1.29, 1.82) is 0 Å². The molecule has 1 aromatic rings. The van der Waals surface area contributed by atoms with Crippen molar-refractivity contribution in [3.05, 3.63) is 17.0 Å². The summed E-state index contributed by atoms with van der Waals surface area (Å²) in [5.74, 6) is 0.901. The quantitative estimate of drug-likeness (QED) is 0.923. The van der Waals surface area contributed by atoms with Gasteiger partial charge in [0.15, 0.2) is 0 Å². The zero-order valence-electron chi connectivity index (χ0n) is 9.49. The van der Waals surface area contributed by atoms with E-state index in [-0.39, 0.29) is 0 Å². The maximum absolute atomic E-state index is 4.24. The van der Waals surface area contributed by atoms with Gasteiger partial charge in [-0.25, -0.2) is 9.97 Å². The molecule has 0 saturated carbocycles. The van der Waals surface area contributed by atoms with Gasteiger partial charge in [-0.05, 0) is 41.9 Å². The van der Waals surface area contributed by atoms with Gasteiger partial charge < -0.3 is 10.2 Å². The molecule has 0 aromatic carbocycles. The van der Waals surface area contributed by atoms with Crippen LogP contribution in [0.4, 0.5) is 5.82 Å². The number of rotatable bonds is 3. The first kappa shape index (κ1) is 11.8. The Balaban J connectivity index is 1.97. The Kier molecular flexibility index (Phi) is 4.12. The summed E-state index contributed by atoms with van der Waals surface area (Å²) < 4.78 is 0.934. The average molecular weight is 285 g/mol. The number of likely N-dealkylation sites (tertiary alicyclic amines) is 1. The van der Waals surface area contributed by atoms with Crippen LogP contribution in [0.1, 0.15) is 19.8 Å². The molecule has 1 aliphatic heterocycles. The van der Waals surface area contributed by atoms with Crippen LogP contribution in [0.5, 0.6) is 0 Å². The zero-order chi connectivity index (χ0) is 11.4. The second-order valence-electron chi connectivity index (χ2n) is 4.10. The van der Waals surface area contributed by atoms with E-state index in [4.69, 9.17) is 0 Å². The van der Waals surface area contributed by atoms with Gasteiger partial charge in [0.25, 0.3) is 0 Å². The predicted molar refractivity (Wildman–Crippen MR) is 68.5 cm³/mol. The summed E-state index contributed by atoms with van der Waals surface area (Å²) in [6, 6.07) is 0.500. The zero-order valence-corrected chi connectivity index (χ0v) is 11.1. The maximum atomic E-state index is 4.24. The third-order valence-corrected chi connectivity index (χ3v) is 3.54. The van der Waals surface area contributed by atoms with E-state index in [0.29, 0.717) is 6.04 Å². The van der Waals surface area contributed by atoms with Crippen LogP contribution in [0.2, 0.25) is 0 Å². The summed E-state index contributed by atoms with van der Waals surface area (Å²) in [4.78, 5) is 10.7. The largest absolute Gasteiger partial charge is 0.365 e. The highest BCUT2D eigenvalue weighted by Crippen LogP contribution is 2.20. The molecule has 0 aliphatic carbocycles. The minimum atomic E-state index is 0.500. The molecule has 1 unspecified atom stereocenters. The Bertz CT molecular complexity index is 345. The van der Waals surface area contributed by atoms with Gasteiger partial charge in [0.05, 0.1) is 4.47 Å². The third-order valence-electron chi connectivity index (χ3n) is 2.96. The smallest absolute Gasteiger partial charge is 0.143 e. The van der Waals surface area contributed by atoms with Crippen molar-refractivity contribution < 1.29 is 0 Å². The normalized spacial score (nSPS) is 22.0. The van der Waals surface area contributed by atoms with Gasteiger partial charge in [-0.2, -0.15) is 0 Å². The molecule has 2 heterocycles. The van der Waals surface area contributed by atoms with E-state index in [2.05, 4.69) is 43.0 Å². The fraction of sp³-hybridized carbons (Fsp3) is 0.636. The molecule has 1 N–H and O–H groups in total. The maximum Gasteiger partial charge on any atom is 0.143 e. The van der Waals surface area contributed by atoms with Gasteiger partial charge in [0.1, 0.15) is 12.1 Å². The van der Waals surface area contributed by atoms with Crippen molar-refractivity contribution in [2.24, 2.45) is 0 Å². The van der Waals surface area contributed by atoms with E-state index >= 15 is 0 Å². The van der Waals surface area contributed by atoms with Gasteiger partial charge in [-0.3, -0.25) is 0 Å². The Morgan fingerprint density at radius 1 is 1.62 bits per heavy atom. The number of nitrogens with zero attached hydrogens (tertiary/aromatic N) is 3. The lowest BCUT2D eigenvalue weighted by molar-refractivity contribution is 0.226. The van der Waals surface area contributed by atoms with Crippen LogP contribution in [-0.4, -0.2) is 40.5 Å². The van der Waals surface area contributed by atoms with Crippen LogP contribution in [0.15, 0.2) is 17.0 Å². The first-order valence-electron chi connectivity index (χ1n) is 5.74. The predicted octanol–water partition coefficient (Wildman–Crippen LogP) is 2.14. The Hall–Kier alpha value is -0.680. The summed E-state index contributed by atoms with van der Waals surface area (Å²) >= 11 is 3.45. The molecule has 0 spiro atoms. The molecule has 16 heavy (non-hydrogen) atoms. The van der Waals surface area contributed by atoms with E-state index in [1.807, 2.05) is 0 Å². The van der Waals surface area contributed by atoms with Gasteiger partial charge in [0, 0.05) is 18.8 Å². The highest BCUT2D eigenvalue weighted by molar-refractivity contribution is 9.10. The van der Waals surface area contributed by atoms with E-state index in [0.717, 1.165) is 23.4 Å². The molecule has 1 fully saturated rings. The Morgan fingerprint density at radius 3 is 3.25 bits per heavy atom. The van der Waals surface area contributed by atoms with Crippen LogP contribution in [0, 0.1) is 0 Å². The SMILES string of the molecule is CCN1CCCC(Nc2ncncc2Br)C1. The molecule has 5 heteroatoms. The Morgan fingerprint density at radius 2 is 2.50 bits per heavy atom. The van der Waals surface area contributed by atoms with E-state index in [1.54, 1.807) is 12.5 Å². The van der Waals surface area contributed by atoms with Crippen molar-refractivity contribution in [1.82, 2.24) is 14.9 Å². The summed E-state index contributed by atoms with van der Waals surface area (Å²) in [7, 11) is 0. The molecule has 1 atom stereocenters. The molecule has 1 aliphatic rings. The van der Waals surface area contributed by atoms with Crippen molar-refractivity contribution in [3.63, 3.8) is 0 Å². The fourth-order valence-corrected chi connectivity index (χ4v) is 2.41. The molecule has 0 amide bonds. The van der Waals surface area contributed by atoms with Crippen LogP contribution in [0.3, 0.4) is 0 Å². The number of hydrogen-bond acceptors (Lipinski definition) is 4. The van der Waals surface area contributed by atoms with E-state index in [1.165, 1.54) is 19.4 Å². The van der Waals surface area contributed by atoms with Crippen LogP contribution in [0.25, 0.3) is 0 Å². The monoisotopic (exact) mass is 284 g/mol. The van der Waals surface area contributed by atoms with Crippen molar-refractivity contribution in [2.45, 2.75) is 25.8 Å². The van der Waals surface area contributed by atoms with Crippen molar-refractivity contribution in [2.75, 3.05) is 25.0 Å². The average Bonchev–Trinajstić information content (AvgIpc) is 2.32. The molecule has 1 aromatic heterocycles. The first-order valence-corrected chi connectivity index (χ1v) is 6.53. The number of hydrogen-bond donors (Lipinski definition) is 1. The number of halogens is 1. The number of aromatic nitrogens is 2. The second-order valence-corrected chi connectivity index (χ2v) is 4.95. The van der Waals surface area contributed by atoms with Gasteiger partial charge in [0.2, 0.25) is 0 Å². The highest BCUT2D eigenvalue weighted by Gasteiger charge is 2.19. The first-order chi connectivity index (χ1) is 7.79.